The van der Waals surface area contributed by atoms with Crippen LogP contribution in [-0.2, 0) is 17.8 Å². The lowest BCUT2D eigenvalue weighted by Crippen LogP contribution is -2.24. The molecule has 0 amide bonds. The number of likely N-dealkylation sites (N-methyl/N-ethyl adjacent to an activating group) is 1. The van der Waals surface area contributed by atoms with Crippen molar-refractivity contribution in [3.63, 3.8) is 0 Å². The third-order valence-electron chi connectivity index (χ3n) is 3.58. The third-order valence-corrected chi connectivity index (χ3v) is 4.67. The number of nitrogens with zero attached hydrogens (tertiary/aromatic N) is 1. The van der Waals surface area contributed by atoms with Crippen molar-refractivity contribution < 1.29 is 4.74 Å². The van der Waals surface area contributed by atoms with Crippen molar-refractivity contribution in [3.8, 4) is 0 Å². The molecule has 0 spiro atoms. The van der Waals surface area contributed by atoms with Crippen LogP contribution in [0.5, 0.6) is 0 Å². The molecule has 1 aliphatic rings. The van der Waals surface area contributed by atoms with E-state index in [-0.39, 0.29) is 0 Å². The molecule has 1 fully saturated rings. The first kappa shape index (κ1) is 16.0. The minimum absolute atomic E-state index is 0.325. The zero-order valence-electron chi connectivity index (χ0n) is 13.2. The number of ether oxygens (including phenoxy) is 1. The Morgan fingerprint density at radius 1 is 1.45 bits per heavy atom. The second-order valence-corrected chi connectivity index (χ2v) is 7.45. The van der Waals surface area contributed by atoms with Gasteiger partial charge in [-0.2, -0.15) is 0 Å². The molecule has 0 atom stereocenters. The second kappa shape index (κ2) is 7.55. The molecule has 0 aromatic carbocycles. The summed E-state index contributed by atoms with van der Waals surface area (Å²) in [5.74, 6) is 0. The molecule has 3 nitrogen and oxygen atoms in total. The molecule has 1 aromatic heterocycles. The highest BCUT2D eigenvalue weighted by Crippen LogP contribution is 2.25. The number of nitrogens with one attached hydrogen (secondary N) is 1. The first-order valence-electron chi connectivity index (χ1n) is 7.66. The summed E-state index contributed by atoms with van der Waals surface area (Å²) < 4.78 is 5.61. The maximum Gasteiger partial charge on any atom is 0.0596 e. The summed E-state index contributed by atoms with van der Waals surface area (Å²) in [5, 5.41) is 3.59. The van der Waals surface area contributed by atoms with Crippen LogP contribution in [0.4, 0.5) is 0 Å². The van der Waals surface area contributed by atoms with Crippen LogP contribution in [0.2, 0.25) is 0 Å². The fourth-order valence-electron chi connectivity index (χ4n) is 2.18. The zero-order valence-corrected chi connectivity index (χ0v) is 14.1. The Hall–Kier alpha value is -0.420. The van der Waals surface area contributed by atoms with E-state index in [0.717, 1.165) is 32.3 Å². The van der Waals surface area contributed by atoms with Crippen molar-refractivity contribution in [1.29, 1.82) is 0 Å². The molecule has 1 aromatic rings. The Bertz CT molecular complexity index is 413. The van der Waals surface area contributed by atoms with E-state index in [1.165, 1.54) is 28.2 Å². The summed E-state index contributed by atoms with van der Waals surface area (Å²) in [4.78, 5) is 5.26. The van der Waals surface area contributed by atoms with Crippen molar-refractivity contribution in [2.75, 3.05) is 20.2 Å². The molecule has 4 heteroatoms. The van der Waals surface area contributed by atoms with Gasteiger partial charge in [0.1, 0.15) is 0 Å². The van der Waals surface area contributed by atoms with Gasteiger partial charge in [-0.05, 0) is 52.3 Å². The molecule has 1 N–H and O–H groups in total. The van der Waals surface area contributed by atoms with Gasteiger partial charge in [-0.3, -0.25) is 4.90 Å². The number of rotatable bonds is 9. The van der Waals surface area contributed by atoms with Gasteiger partial charge in [0.25, 0.3) is 0 Å². The highest BCUT2D eigenvalue weighted by Gasteiger charge is 2.20. The predicted octanol–water partition coefficient (Wildman–Crippen LogP) is 3.17. The number of hydrogen-bond donors (Lipinski definition) is 1. The number of thiophene rings is 1. The highest BCUT2D eigenvalue weighted by molar-refractivity contribution is 7.12. The Labute approximate surface area is 127 Å². The van der Waals surface area contributed by atoms with Crippen molar-refractivity contribution >= 4 is 11.3 Å². The molecule has 114 valence electrons. The number of hydrogen-bond acceptors (Lipinski definition) is 4. The van der Waals surface area contributed by atoms with Crippen LogP contribution in [0.3, 0.4) is 0 Å². The molecule has 0 saturated heterocycles. The number of aryl methyl sites for hydroxylation is 1. The standard InChI is InChI=1S/C16H28N2OS/c1-12(2)19-8-7-18(4)11-14-9-16(20-13(14)3)10-17-15-5-6-15/h9,12,15,17H,5-8,10-11H2,1-4H3. The Kier molecular flexibility index (Phi) is 6.02. The van der Waals surface area contributed by atoms with Gasteiger partial charge < -0.3 is 10.1 Å². The minimum Gasteiger partial charge on any atom is -0.377 e. The van der Waals surface area contributed by atoms with Crippen LogP contribution in [-0.4, -0.2) is 37.2 Å². The normalized spacial score (nSPS) is 15.5. The fourth-order valence-corrected chi connectivity index (χ4v) is 3.18. The van der Waals surface area contributed by atoms with E-state index in [1.807, 2.05) is 11.3 Å². The van der Waals surface area contributed by atoms with Crippen LogP contribution >= 0.6 is 11.3 Å². The molecule has 2 rings (SSSR count). The molecule has 20 heavy (non-hydrogen) atoms. The van der Waals surface area contributed by atoms with Gasteiger partial charge >= 0.3 is 0 Å². The quantitative estimate of drug-likeness (QED) is 0.757. The van der Waals surface area contributed by atoms with Crippen LogP contribution < -0.4 is 5.32 Å². The van der Waals surface area contributed by atoms with Gasteiger partial charge in [0.2, 0.25) is 0 Å². The summed E-state index contributed by atoms with van der Waals surface area (Å²) in [7, 11) is 2.17. The van der Waals surface area contributed by atoms with Crippen LogP contribution in [0, 0.1) is 6.92 Å². The molecule has 0 aliphatic heterocycles. The van der Waals surface area contributed by atoms with Gasteiger partial charge in [-0.1, -0.05) is 0 Å². The van der Waals surface area contributed by atoms with Gasteiger partial charge in [0.05, 0.1) is 12.7 Å². The largest absolute Gasteiger partial charge is 0.377 e. The topological polar surface area (TPSA) is 24.5 Å². The predicted molar refractivity (Wildman–Crippen MR) is 86.3 cm³/mol. The van der Waals surface area contributed by atoms with Gasteiger partial charge in [0, 0.05) is 35.4 Å². The Morgan fingerprint density at radius 2 is 2.20 bits per heavy atom. The van der Waals surface area contributed by atoms with Gasteiger partial charge in [0.15, 0.2) is 0 Å². The molecular formula is C16H28N2OS. The molecule has 1 heterocycles. The van der Waals surface area contributed by atoms with E-state index in [2.05, 4.69) is 44.1 Å². The maximum absolute atomic E-state index is 5.61. The van der Waals surface area contributed by atoms with Crippen molar-refractivity contribution in [2.24, 2.45) is 0 Å². The molecule has 0 unspecified atom stereocenters. The molecule has 0 radical (unpaired) electrons. The van der Waals surface area contributed by atoms with E-state index in [0.29, 0.717) is 6.10 Å². The summed E-state index contributed by atoms with van der Waals surface area (Å²) >= 11 is 1.93. The molecule has 0 bridgehead atoms. The summed E-state index contributed by atoms with van der Waals surface area (Å²) in [6.45, 7) is 10.3. The van der Waals surface area contributed by atoms with Gasteiger partial charge in [-0.15, -0.1) is 11.3 Å². The summed E-state index contributed by atoms with van der Waals surface area (Å²) in [6.07, 6.45) is 3.04. The molecule has 1 aliphatic carbocycles. The SMILES string of the molecule is Cc1sc(CNC2CC2)cc1CN(C)CCOC(C)C. The minimum atomic E-state index is 0.325. The summed E-state index contributed by atoms with van der Waals surface area (Å²) in [6, 6.07) is 3.16. The molecule has 1 saturated carbocycles. The van der Waals surface area contributed by atoms with E-state index >= 15 is 0 Å². The Balaban J connectivity index is 1.75. The highest BCUT2D eigenvalue weighted by atomic mass is 32.1. The van der Waals surface area contributed by atoms with Gasteiger partial charge in [-0.25, -0.2) is 0 Å². The fraction of sp³-hybridized carbons (Fsp3) is 0.750. The van der Waals surface area contributed by atoms with E-state index in [1.54, 1.807) is 0 Å². The first-order chi connectivity index (χ1) is 9.54. The lowest BCUT2D eigenvalue weighted by molar-refractivity contribution is 0.0627. The summed E-state index contributed by atoms with van der Waals surface area (Å²) in [5.41, 5.74) is 1.47. The first-order valence-corrected chi connectivity index (χ1v) is 8.48. The zero-order chi connectivity index (χ0) is 14.5. The van der Waals surface area contributed by atoms with Crippen LogP contribution in [0.25, 0.3) is 0 Å². The average molecular weight is 296 g/mol. The van der Waals surface area contributed by atoms with E-state index in [4.69, 9.17) is 4.74 Å². The van der Waals surface area contributed by atoms with Crippen molar-refractivity contribution in [3.05, 3.63) is 21.4 Å². The van der Waals surface area contributed by atoms with Crippen molar-refractivity contribution in [2.45, 2.75) is 58.8 Å². The lowest BCUT2D eigenvalue weighted by Gasteiger charge is -2.17. The second-order valence-electron chi connectivity index (χ2n) is 6.11. The van der Waals surface area contributed by atoms with Crippen LogP contribution in [0.15, 0.2) is 6.07 Å². The maximum atomic E-state index is 5.61. The smallest absolute Gasteiger partial charge is 0.0596 e. The van der Waals surface area contributed by atoms with E-state index < -0.39 is 0 Å². The monoisotopic (exact) mass is 296 g/mol. The average Bonchev–Trinajstić information content (AvgIpc) is 3.13. The van der Waals surface area contributed by atoms with Crippen molar-refractivity contribution in [1.82, 2.24) is 10.2 Å². The van der Waals surface area contributed by atoms with E-state index in [9.17, 15) is 0 Å². The lowest BCUT2D eigenvalue weighted by atomic mass is 10.2. The Morgan fingerprint density at radius 3 is 2.85 bits per heavy atom. The molecular weight excluding hydrogens is 268 g/mol. The third kappa shape index (κ3) is 5.52. The van der Waals surface area contributed by atoms with Crippen LogP contribution in [0.1, 0.15) is 42.0 Å².